The van der Waals surface area contributed by atoms with E-state index in [9.17, 15) is 0 Å². The summed E-state index contributed by atoms with van der Waals surface area (Å²) >= 11 is 5.67. The highest BCUT2D eigenvalue weighted by atomic mass is 35.5. The molecule has 0 aromatic carbocycles. The molecular formula is C10H9ClN4. The van der Waals surface area contributed by atoms with E-state index in [0.29, 0.717) is 17.5 Å². The maximum atomic E-state index is 5.67. The molecule has 2 heterocycles. The van der Waals surface area contributed by atoms with Crippen molar-refractivity contribution in [1.82, 2.24) is 15.0 Å². The van der Waals surface area contributed by atoms with Crippen molar-refractivity contribution in [3.63, 3.8) is 0 Å². The third-order valence-electron chi connectivity index (χ3n) is 1.79. The molecule has 0 aliphatic rings. The van der Waals surface area contributed by atoms with Crippen LogP contribution < -0.4 is 5.32 Å². The van der Waals surface area contributed by atoms with Gasteiger partial charge in [-0.15, -0.1) is 0 Å². The number of pyridine rings is 1. The van der Waals surface area contributed by atoms with Crippen LogP contribution in [0.2, 0.25) is 5.02 Å². The van der Waals surface area contributed by atoms with Gasteiger partial charge in [-0.2, -0.15) is 0 Å². The van der Waals surface area contributed by atoms with Crippen LogP contribution in [0.5, 0.6) is 0 Å². The minimum absolute atomic E-state index is 0.530. The zero-order chi connectivity index (χ0) is 10.5. The first-order chi connectivity index (χ1) is 7.34. The fraction of sp³-hybridized carbons (Fsp3) is 0.100. The van der Waals surface area contributed by atoms with E-state index in [4.69, 9.17) is 11.6 Å². The summed E-state index contributed by atoms with van der Waals surface area (Å²) in [5.41, 5.74) is 1.08. The maximum absolute atomic E-state index is 5.67. The van der Waals surface area contributed by atoms with E-state index >= 15 is 0 Å². The van der Waals surface area contributed by atoms with Crippen LogP contribution in [0, 0.1) is 0 Å². The van der Waals surface area contributed by atoms with Crippen molar-refractivity contribution in [2.45, 2.75) is 6.54 Å². The molecule has 0 aliphatic heterocycles. The van der Waals surface area contributed by atoms with E-state index in [1.807, 2.05) is 12.1 Å². The van der Waals surface area contributed by atoms with Crippen molar-refractivity contribution >= 4 is 17.5 Å². The van der Waals surface area contributed by atoms with Gasteiger partial charge in [0.2, 0.25) is 5.95 Å². The summed E-state index contributed by atoms with van der Waals surface area (Å²) in [5.74, 6) is 0.559. The average molecular weight is 221 g/mol. The quantitative estimate of drug-likeness (QED) is 0.861. The minimum Gasteiger partial charge on any atom is -0.350 e. The molecule has 0 saturated carbocycles. The zero-order valence-electron chi connectivity index (χ0n) is 7.89. The van der Waals surface area contributed by atoms with Gasteiger partial charge in [-0.3, -0.25) is 4.98 Å². The van der Waals surface area contributed by atoms with E-state index < -0.39 is 0 Å². The highest BCUT2D eigenvalue weighted by molar-refractivity contribution is 6.30. The van der Waals surface area contributed by atoms with E-state index in [-0.39, 0.29) is 0 Å². The molecule has 1 N–H and O–H groups in total. The Kier molecular flexibility index (Phi) is 3.09. The number of hydrogen-bond acceptors (Lipinski definition) is 4. The molecule has 0 spiro atoms. The SMILES string of the molecule is Clc1cnc(NCc2cccnc2)nc1. The number of aromatic nitrogens is 3. The fourth-order valence-corrected chi connectivity index (χ4v) is 1.18. The van der Waals surface area contributed by atoms with Gasteiger partial charge in [0.05, 0.1) is 17.4 Å². The second kappa shape index (κ2) is 4.70. The molecule has 0 aliphatic carbocycles. The molecule has 2 aromatic rings. The van der Waals surface area contributed by atoms with Gasteiger partial charge in [0.15, 0.2) is 0 Å². The molecule has 76 valence electrons. The lowest BCUT2D eigenvalue weighted by molar-refractivity contribution is 1.04. The van der Waals surface area contributed by atoms with Crippen molar-refractivity contribution < 1.29 is 0 Å². The largest absolute Gasteiger partial charge is 0.350 e. The van der Waals surface area contributed by atoms with Gasteiger partial charge >= 0.3 is 0 Å². The Morgan fingerprint density at radius 1 is 1.20 bits per heavy atom. The summed E-state index contributed by atoms with van der Waals surface area (Å²) in [4.78, 5) is 12.0. The lowest BCUT2D eigenvalue weighted by Gasteiger charge is -2.03. The summed E-state index contributed by atoms with van der Waals surface area (Å²) in [5, 5.41) is 3.60. The number of nitrogens with zero attached hydrogens (tertiary/aromatic N) is 3. The molecule has 4 nitrogen and oxygen atoms in total. The molecule has 0 fully saturated rings. The van der Waals surface area contributed by atoms with E-state index in [0.717, 1.165) is 5.56 Å². The van der Waals surface area contributed by atoms with Crippen LogP contribution in [-0.4, -0.2) is 15.0 Å². The van der Waals surface area contributed by atoms with Crippen LogP contribution in [0.3, 0.4) is 0 Å². The zero-order valence-corrected chi connectivity index (χ0v) is 8.65. The molecule has 0 saturated heterocycles. The summed E-state index contributed by atoms with van der Waals surface area (Å²) < 4.78 is 0. The lowest BCUT2D eigenvalue weighted by Crippen LogP contribution is -2.03. The number of halogens is 1. The van der Waals surface area contributed by atoms with E-state index in [1.54, 1.807) is 24.8 Å². The summed E-state index contributed by atoms with van der Waals surface area (Å²) in [6, 6.07) is 3.87. The molecule has 0 radical (unpaired) electrons. The Morgan fingerprint density at radius 3 is 2.67 bits per heavy atom. The summed E-state index contributed by atoms with van der Waals surface area (Å²) in [6.45, 7) is 0.648. The van der Waals surface area contributed by atoms with Crippen LogP contribution in [-0.2, 0) is 6.54 Å². The van der Waals surface area contributed by atoms with Gasteiger partial charge in [-0.05, 0) is 11.6 Å². The molecule has 5 heteroatoms. The van der Waals surface area contributed by atoms with Crippen LogP contribution in [0.4, 0.5) is 5.95 Å². The average Bonchev–Trinajstić information content (AvgIpc) is 2.30. The molecular weight excluding hydrogens is 212 g/mol. The van der Waals surface area contributed by atoms with Crippen molar-refractivity contribution in [1.29, 1.82) is 0 Å². The number of rotatable bonds is 3. The number of hydrogen-bond donors (Lipinski definition) is 1. The van der Waals surface area contributed by atoms with Gasteiger partial charge in [0, 0.05) is 18.9 Å². The maximum Gasteiger partial charge on any atom is 0.222 e. The van der Waals surface area contributed by atoms with Crippen LogP contribution in [0.1, 0.15) is 5.56 Å². The van der Waals surface area contributed by atoms with Crippen molar-refractivity contribution in [3.8, 4) is 0 Å². The Labute approximate surface area is 92.4 Å². The molecule has 2 rings (SSSR count). The van der Waals surface area contributed by atoms with Gasteiger partial charge in [-0.1, -0.05) is 17.7 Å². The van der Waals surface area contributed by atoms with Crippen LogP contribution in [0.25, 0.3) is 0 Å². The topological polar surface area (TPSA) is 50.7 Å². The minimum atomic E-state index is 0.530. The van der Waals surface area contributed by atoms with Crippen molar-refractivity contribution in [2.75, 3.05) is 5.32 Å². The summed E-state index contributed by atoms with van der Waals surface area (Å²) in [6.07, 6.45) is 6.64. The van der Waals surface area contributed by atoms with Gasteiger partial charge in [-0.25, -0.2) is 9.97 Å². The predicted octanol–water partition coefficient (Wildman–Crippen LogP) is 2.14. The van der Waals surface area contributed by atoms with Gasteiger partial charge in [0.1, 0.15) is 0 Å². The van der Waals surface area contributed by atoms with E-state index in [1.165, 1.54) is 0 Å². The summed E-state index contributed by atoms with van der Waals surface area (Å²) in [7, 11) is 0. The third kappa shape index (κ3) is 2.89. The second-order valence-electron chi connectivity index (χ2n) is 2.94. The van der Waals surface area contributed by atoms with Gasteiger partial charge in [0.25, 0.3) is 0 Å². The lowest BCUT2D eigenvalue weighted by atomic mass is 10.3. The Morgan fingerprint density at radius 2 is 2.00 bits per heavy atom. The molecule has 0 amide bonds. The highest BCUT2D eigenvalue weighted by Crippen LogP contribution is 2.06. The third-order valence-corrected chi connectivity index (χ3v) is 1.99. The molecule has 0 atom stereocenters. The normalized spacial score (nSPS) is 9.93. The Balaban J connectivity index is 1.96. The van der Waals surface area contributed by atoms with Crippen molar-refractivity contribution in [3.05, 3.63) is 47.5 Å². The fourth-order valence-electron chi connectivity index (χ4n) is 1.09. The molecule has 0 unspecified atom stereocenters. The van der Waals surface area contributed by atoms with Crippen LogP contribution in [0.15, 0.2) is 36.9 Å². The molecule has 0 bridgehead atoms. The number of nitrogens with one attached hydrogen (secondary N) is 1. The monoisotopic (exact) mass is 220 g/mol. The molecule has 2 aromatic heterocycles. The first-order valence-electron chi connectivity index (χ1n) is 4.45. The second-order valence-corrected chi connectivity index (χ2v) is 3.38. The first kappa shape index (κ1) is 9.86. The van der Waals surface area contributed by atoms with Crippen molar-refractivity contribution in [2.24, 2.45) is 0 Å². The van der Waals surface area contributed by atoms with Gasteiger partial charge < -0.3 is 5.32 Å². The van der Waals surface area contributed by atoms with Crippen LogP contribution >= 0.6 is 11.6 Å². The smallest absolute Gasteiger partial charge is 0.222 e. The predicted molar refractivity (Wildman–Crippen MR) is 58.6 cm³/mol. The first-order valence-corrected chi connectivity index (χ1v) is 4.83. The highest BCUT2D eigenvalue weighted by Gasteiger charge is 1.96. The standard InChI is InChI=1S/C10H9ClN4/c11-9-6-14-10(15-7-9)13-5-8-2-1-3-12-4-8/h1-4,6-7H,5H2,(H,13,14,15). The number of anilines is 1. The van der Waals surface area contributed by atoms with E-state index in [2.05, 4.69) is 20.3 Å². The Bertz CT molecular complexity index is 415. The molecule has 15 heavy (non-hydrogen) atoms. The Hall–Kier alpha value is -1.68.